The molecule has 0 bridgehead atoms. The van der Waals surface area contributed by atoms with Gasteiger partial charge in [0, 0.05) is 5.70 Å². The SMILES string of the molecule is C=C(N)C(=C)C(F)(F)F. The third kappa shape index (κ3) is 2.21. The zero-order chi connectivity index (χ0) is 7.65. The van der Waals surface area contributed by atoms with Gasteiger partial charge in [0.2, 0.25) is 0 Å². The average Bonchev–Trinajstić information content (AvgIpc) is 1.62. The molecular weight excluding hydrogens is 131 g/mol. The Morgan fingerprint density at radius 2 is 1.56 bits per heavy atom. The molecule has 0 saturated heterocycles. The van der Waals surface area contributed by atoms with Gasteiger partial charge in [0.15, 0.2) is 0 Å². The van der Waals surface area contributed by atoms with Crippen molar-refractivity contribution in [3.8, 4) is 0 Å². The van der Waals surface area contributed by atoms with Gasteiger partial charge in [-0.15, -0.1) is 0 Å². The lowest BCUT2D eigenvalue weighted by atomic mass is 10.2. The van der Waals surface area contributed by atoms with Crippen LogP contribution in [-0.2, 0) is 0 Å². The van der Waals surface area contributed by atoms with Crippen LogP contribution < -0.4 is 5.73 Å². The predicted molar refractivity (Wildman–Crippen MR) is 28.5 cm³/mol. The van der Waals surface area contributed by atoms with Crippen LogP contribution in [0.2, 0.25) is 0 Å². The molecule has 0 atom stereocenters. The summed E-state index contributed by atoms with van der Waals surface area (Å²) < 4.78 is 34.4. The molecule has 52 valence electrons. The second-order valence-electron chi connectivity index (χ2n) is 1.50. The first-order valence-corrected chi connectivity index (χ1v) is 2.06. The summed E-state index contributed by atoms with van der Waals surface area (Å²) >= 11 is 0. The molecule has 0 aliphatic rings. The average molecular weight is 137 g/mol. The van der Waals surface area contributed by atoms with Crippen molar-refractivity contribution in [1.29, 1.82) is 0 Å². The van der Waals surface area contributed by atoms with Gasteiger partial charge in [0.1, 0.15) is 0 Å². The first kappa shape index (κ1) is 8.07. The fourth-order valence-electron chi connectivity index (χ4n) is 0.182. The van der Waals surface area contributed by atoms with E-state index in [1.807, 2.05) is 0 Å². The molecule has 0 aromatic heterocycles. The van der Waals surface area contributed by atoms with Gasteiger partial charge in [0.25, 0.3) is 0 Å². The van der Waals surface area contributed by atoms with Crippen LogP contribution >= 0.6 is 0 Å². The van der Waals surface area contributed by atoms with E-state index in [0.717, 1.165) is 0 Å². The Morgan fingerprint density at radius 3 is 1.56 bits per heavy atom. The van der Waals surface area contributed by atoms with E-state index in [-0.39, 0.29) is 0 Å². The normalized spacial score (nSPS) is 11.0. The molecule has 0 rings (SSSR count). The minimum absolute atomic E-state index is 0.539. The fourth-order valence-corrected chi connectivity index (χ4v) is 0.182. The van der Waals surface area contributed by atoms with E-state index in [1.165, 1.54) is 0 Å². The quantitative estimate of drug-likeness (QED) is 0.545. The van der Waals surface area contributed by atoms with Gasteiger partial charge >= 0.3 is 6.18 Å². The van der Waals surface area contributed by atoms with Crippen molar-refractivity contribution >= 4 is 0 Å². The van der Waals surface area contributed by atoms with Crippen LogP contribution in [0.15, 0.2) is 24.4 Å². The largest absolute Gasteiger partial charge is 0.417 e. The number of allylic oxidation sites excluding steroid dienone is 1. The van der Waals surface area contributed by atoms with Gasteiger partial charge < -0.3 is 5.73 Å². The third-order valence-electron chi connectivity index (χ3n) is 0.730. The summed E-state index contributed by atoms with van der Waals surface area (Å²) in [6, 6.07) is 0. The molecule has 0 fully saturated rings. The summed E-state index contributed by atoms with van der Waals surface area (Å²) in [6.45, 7) is 5.56. The van der Waals surface area contributed by atoms with Crippen LogP contribution in [0.1, 0.15) is 0 Å². The van der Waals surface area contributed by atoms with Crippen molar-refractivity contribution in [2.45, 2.75) is 6.18 Å². The van der Waals surface area contributed by atoms with E-state index in [9.17, 15) is 13.2 Å². The number of halogens is 3. The van der Waals surface area contributed by atoms with E-state index in [2.05, 4.69) is 13.2 Å². The third-order valence-corrected chi connectivity index (χ3v) is 0.730. The van der Waals surface area contributed by atoms with E-state index in [1.54, 1.807) is 0 Å². The van der Waals surface area contributed by atoms with Gasteiger partial charge in [-0.05, 0) is 0 Å². The van der Waals surface area contributed by atoms with Crippen LogP contribution in [0.4, 0.5) is 13.2 Å². The summed E-state index contributed by atoms with van der Waals surface area (Å²) in [6.07, 6.45) is -4.44. The Kier molecular flexibility index (Phi) is 1.91. The lowest BCUT2D eigenvalue weighted by molar-refractivity contribution is -0.0889. The highest BCUT2D eigenvalue weighted by Gasteiger charge is 2.32. The topological polar surface area (TPSA) is 26.0 Å². The zero-order valence-corrected chi connectivity index (χ0v) is 4.63. The van der Waals surface area contributed by atoms with Crippen LogP contribution in [0, 0.1) is 0 Å². The molecule has 9 heavy (non-hydrogen) atoms. The molecule has 0 aromatic carbocycles. The van der Waals surface area contributed by atoms with Crippen LogP contribution in [-0.4, -0.2) is 6.18 Å². The predicted octanol–water partition coefficient (Wildman–Crippen LogP) is 1.58. The molecule has 0 aliphatic heterocycles. The number of nitrogens with two attached hydrogens (primary N) is 1. The minimum atomic E-state index is -4.44. The zero-order valence-electron chi connectivity index (χ0n) is 4.63. The second kappa shape index (κ2) is 2.13. The summed E-state index contributed by atoms with van der Waals surface area (Å²) in [4.78, 5) is 0. The lowest BCUT2D eigenvalue weighted by Crippen LogP contribution is -2.15. The summed E-state index contributed by atoms with van der Waals surface area (Å²) in [7, 11) is 0. The highest BCUT2D eigenvalue weighted by atomic mass is 19.4. The monoisotopic (exact) mass is 137 g/mol. The minimum Gasteiger partial charge on any atom is -0.399 e. The van der Waals surface area contributed by atoms with Crippen molar-refractivity contribution in [2.75, 3.05) is 0 Å². The van der Waals surface area contributed by atoms with Gasteiger partial charge in [-0.2, -0.15) is 13.2 Å². The van der Waals surface area contributed by atoms with E-state index in [4.69, 9.17) is 5.73 Å². The van der Waals surface area contributed by atoms with E-state index < -0.39 is 17.4 Å². The number of hydrogen-bond acceptors (Lipinski definition) is 1. The van der Waals surface area contributed by atoms with Gasteiger partial charge in [-0.1, -0.05) is 13.2 Å². The summed E-state index contributed by atoms with van der Waals surface area (Å²) in [5.74, 6) is 0. The summed E-state index contributed by atoms with van der Waals surface area (Å²) in [5, 5.41) is 0. The summed E-state index contributed by atoms with van der Waals surface area (Å²) in [5.41, 5.74) is 3.09. The second-order valence-corrected chi connectivity index (χ2v) is 1.50. The molecule has 2 N–H and O–H groups in total. The maximum atomic E-state index is 11.5. The lowest BCUT2D eigenvalue weighted by Gasteiger charge is -2.07. The molecule has 1 nitrogen and oxygen atoms in total. The molecule has 0 heterocycles. The number of alkyl halides is 3. The fraction of sp³-hybridized carbons (Fsp3) is 0.200. The van der Waals surface area contributed by atoms with Crippen LogP contribution in [0.5, 0.6) is 0 Å². The Labute approximate surface area is 50.7 Å². The van der Waals surface area contributed by atoms with Gasteiger partial charge in [-0.3, -0.25) is 0 Å². The van der Waals surface area contributed by atoms with Gasteiger partial charge in [0.05, 0.1) is 5.57 Å². The van der Waals surface area contributed by atoms with E-state index >= 15 is 0 Å². The maximum Gasteiger partial charge on any atom is 0.417 e. The molecule has 0 radical (unpaired) electrons. The standard InChI is InChI=1S/C5H6F3N/c1-3(4(2)9)5(6,7)8/h1-2,9H2. The van der Waals surface area contributed by atoms with Crippen LogP contribution in [0.25, 0.3) is 0 Å². The highest BCUT2D eigenvalue weighted by molar-refractivity contribution is 5.26. The first-order chi connectivity index (χ1) is 3.85. The first-order valence-electron chi connectivity index (χ1n) is 2.06. The number of hydrogen-bond donors (Lipinski definition) is 1. The molecule has 0 spiro atoms. The maximum absolute atomic E-state index is 11.5. The molecule has 0 unspecified atom stereocenters. The molecule has 0 aromatic rings. The van der Waals surface area contributed by atoms with Crippen molar-refractivity contribution < 1.29 is 13.2 Å². The van der Waals surface area contributed by atoms with Crippen molar-refractivity contribution in [3.63, 3.8) is 0 Å². The molecule has 0 aliphatic carbocycles. The molecular formula is C5H6F3N. The van der Waals surface area contributed by atoms with Gasteiger partial charge in [-0.25, -0.2) is 0 Å². The Hall–Kier alpha value is -0.930. The molecule has 0 amide bonds. The molecule has 4 heteroatoms. The van der Waals surface area contributed by atoms with Crippen LogP contribution in [0.3, 0.4) is 0 Å². The number of rotatable bonds is 1. The highest BCUT2D eigenvalue weighted by Crippen LogP contribution is 2.26. The van der Waals surface area contributed by atoms with Crippen molar-refractivity contribution in [1.82, 2.24) is 0 Å². The van der Waals surface area contributed by atoms with E-state index in [0.29, 0.717) is 0 Å². The Morgan fingerprint density at radius 1 is 1.22 bits per heavy atom. The van der Waals surface area contributed by atoms with Crippen molar-refractivity contribution in [3.05, 3.63) is 24.4 Å². The van der Waals surface area contributed by atoms with Crippen molar-refractivity contribution in [2.24, 2.45) is 5.73 Å². The smallest absolute Gasteiger partial charge is 0.399 e. The Bertz CT molecular complexity index is 145. The Balaban J connectivity index is 4.23. The molecule has 0 saturated carbocycles.